The molecule has 3 nitrogen and oxygen atoms in total. The smallest absolute Gasteiger partial charge is 0.170 e. The number of aryl methyl sites for hydroxylation is 1. The Morgan fingerprint density at radius 1 is 1.32 bits per heavy atom. The first-order valence-corrected chi connectivity index (χ1v) is 6.10. The molecule has 0 N–H and O–H groups in total. The van der Waals surface area contributed by atoms with E-state index in [9.17, 15) is 13.6 Å². The molecule has 2 rings (SSSR count). The fourth-order valence-electron chi connectivity index (χ4n) is 1.87. The Labute approximate surface area is 109 Å². The Kier molecular flexibility index (Phi) is 4.04. The van der Waals surface area contributed by atoms with Crippen LogP contribution in [0.1, 0.15) is 29.5 Å². The lowest BCUT2D eigenvalue weighted by molar-refractivity contribution is 0.0989. The topological polar surface area (TPSA) is 34.9 Å². The van der Waals surface area contributed by atoms with E-state index in [-0.39, 0.29) is 17.8 Å². The molecule has 0 fully saturated rings. The third kappa shape index (κ3) is 3.05. The predicted octanol–water partition coefficient (Wildman–Crippen LogP) is 3.00. The van der Waals surface area contributed by atoms with Crippen molar-refractivity contribution in [2.45, 2.75) is 26.3 Å². The molecule has 100 valence electrons. The van der Waals surface area contributed by atoms with E-state index in [2.05, 4.69) is 4.98 Å². The van der Waals surface area contributed by atoms with Gasteiger partial charge in [0.1, 0.15) is 5.82 Å². The summed E-state index contributed by atoms with van der Waals surface area (Å²) in [6.07, 6.45) is 4.45. The first kappa shape index (κ1) is 13.4. The zero-order chi connectivity index (χ0) is 13.8. The van der Waals surface area contributed by atoms with Crippen molar-refractivity contribution in [2.24, 2.45) is 0 Å². The summed E-state index contributed by atoms with van der Waals surface area (Å²) in [5, 5.41) is 0. The minimum absolute atomic E-state index is 0.0814. The molecule has 5 heteroatoms. The van der Waals surface area contributed by atoms with Crippen molar-refractivity contribution in [1.82, 2.24) is 9.55 Å². The maximum atomic E-state index is 13.1. The van der Waals surface area contributed by atoms with Crippen LogP contribution in [-0.2, 0) is 13.0 Å². The lowest BCUT2D eigenvalue weighted by Gasteiger charge is -2.06. The van der Waals surface area contributed by atoms with Gasteiger partial charge in [-0.25, -0.2) is 13.8 Å². The highest BCUT2D eigenvalue weighted by Crippen LogP contribution is 2.12. The van der Waals surface area contributed by atoms with Crippen LogP contribution in [0.5, 0.6) is 0 Å². The number of Topliss-reactive ketones (excluding diaryl/α,β-unsaturated/α-hetero) is 1. The lowest BCUT2D eigenvalue weighted by Crippen LogP contribution is -2.10. The summed E-state index contributed by atoms with van der Waals surface area (Å²) in [6.45, 7) is 2.81. The number of benzene rings is 1. The zero-order valence-corrected chi connectivity index (χ0v) is 10.6. The first-order valence-electron chi connectivity index (χ1n) is 6.10. The van der Waals surface area contributed by atoms with Crippen LogP contribution in [0, 0.1) is 11.6 Å². The van der Waals surface area contributed by atoms with Crippen LogP contribution in [0.4, 0.5) is 8.78 Å². The van der Waals surface area contributed by atoms with Gasteiger partial charge < -0.3 is 4.57 Å². The highest BCUT2D eigenvalue weighted by atomic mass is 19.2. The molecular weight excluding hydrogens is 250 g/mol. The molecule has 1 aromatic carbocycles. The monoisotopic (exact) mass is 264 g/mol. The minimum Gasteiger partial charge on any atom is -0.335 e. The Balaban J connectivity index is 2.16. The van der Waals surface area contributed by atoms with Gasteiger partial charge in [-0.1, -0.05) is 6.92 Å². The molecule has 1 aromatic heterocycles. The highest BCUT2D eigenvalue weighted by Gasteiger charge is 2.13. The van der Waals surface area contributed by atoms with Crippen molar-refractivity contribution in [2.75, 3.05) is 0 Å². The van der Waals surface area contributed by atoms with Crippen LogP contribution in [0.25, 0.3) is 0 Å². The number of rotatable bonds is 5. The molecule has 0 spiro atoms. The molecule has 0 atom stereocenters. The van der Waals surface area contributed by atoms with Gasteiger partial charge in [0, 0.05) is 24.5 Å². The molecule has 0 saturated carbocycles. The van der Waals surface area contributed by atoms with Crippen molar-refractivity contribution in [1.29, 1.82) is 0 Å². The summed E-state index contributed by atoms with van der Waals surface area (Å²) in [7, 11) is 0. The van der Waals surface area contributed by atoms with E-state index in [0.717, 1.165) is 25.1 Å². The van der Waals surface area contributed by atoms with Gasteiger partial charge in [-0.3, -0.25) is 4.79 Å². The van der Waals surface area contributed by atoms with E-state index >= 15 is 0 Å². The summed E-state index contributed by atoms with van der Waals surface area (Å²) in [5.41, 5.74) is 0.157. The molecule has 2 aromatic rings. The van der Waals surface area contributed by atoms with Gasteiger partial charge in [-0.2, -0.15) is 0 Å². The molecule has 0 aliphatic heterocycles. The molecule has 0 radical (unpaired) electrons. The average molecular weight is 264 g/mol. The van der Waals surface area contributed by atoms with Crippen LogP contribution in [-0.4, -0.2) is 15.3 Å². The number of ketones is 1. The van der Waals surface area contributed by atoms with E-state index in [0.29, 0.717) is 5.82 Å². The van der Waals surface area contributed by atoms with Crippen LogP contribution in [0.3, 0.4) is 0 Å². The fraction of sp³-hybridized carbons (Fsp3) is 0.286. The quantitative estimate of drug-likeness (QED) is 0.778. The lowest BCUT2D eigenvalue weighted by atomic mass is 10.1. The SMILES string of the molecule is CCCn1ccnc1CC(=O)c1ccc(F)c(F)c1. The van der Waals surface area contributed by atoms with E-state index in [1.165, 1.54) is 6.07 Å². The minimum atomic E-state index is -1.01. The number of hydrogen-bond donors (Lipinski definition) is 0. The maximum Gasteiger partial charge on any atom is 0.170 e. The number of aromatic nitrogens is 2. The molecule has 0 unspecified atom stereocenters. The summed E-state index contributed by atoms with van der Waals surface area (Å²) in [6, 6.07) is 3.17. The average Bonchev–Trinajstić information content (AvgIpc) is 2.80. The Morgan fingerprint density at radius 2 is 2.11 bits per heavy atom. The molecule has 19 heavy (non-hydrogen) atoms. The van der Waals surface area contributed by atoms with Gasteiger partial charge in [0.25, 0.3) is 0 Å². The van der Waals surface area contributed by atoms with Crippen molar-refractivity contribution in [3.8, 4) is 0 Å². The number of carbonyl (C=O) groups is 1. The van der Waals surface area contributed by atoms with E-state index in [1.807, 2.05) is 11.5 Å². The summed E-state index contributed by atoms with van der Waals surface area (Å²) >= 11 is 0. The Bertz CT molecular complexity index is 593. The van der Waals surface area contributed by atoms with Crippen LogP contribution in [0.2, 0.25) is 0 Å². The normalized spacial score (nSPS) is 10.7. The molecule has 0 aliphatic rings. The van der Waals surface area contributed by atoms with E-state index in [4.69, 9.17) is 0 Å². The fourth-order valence-corrected chi connectivity index (χ4v) is 1.87. The van der Waals surface area contributed by atoms with Crippen LogP contribution < -0.4 is 0 Å². The van der Waals surface area contributed by atoms with Gasteiger partial charge >= 0.3 is 0 Å². The van der Waals surface area contributed by atoms with Gasteiger partial charge in [-0.15, -0.1) is 0 Å². The van der Waals surface area contributed by atoms with Gasteiger partial charge in [0.15, 0.2) is 17.4 Å². The molecule has 0 saturated heterocycles. The van der Waals surface area contributed by atoms with Gasteiger partial charge in [0.05, 0.1) is 6.42 Å². The second kappa shape index (κ2) is 5.73. The third-order valence-electron chi connectivity index (χ3n) is 2.83. The van der Waals surface area contributed by atoms with Gasteiger partial charge in [-0.05, 0) is 24.6 Å². The highest BCUT2D eigenvalue weighted by molar-refractivity contribution is 5.97. The van der Waals surface area contributed by atoms with Crippen molar-refractivity contribution in [3.63, 3.8) is 0 Å². The second-order valence-corrected chi connectivity index (χ2v) is 4.27. The largest absolute Gasteiger partial charge is 0.335 e. The molecule has 1 heterocycles. The number of halogens is 2. The van der Waals surface area contributed by atoms with Gasteiger partial charge in [0.2, 0.25) is 0 Å². The Morgan fingerprint density at radius 3 is 2.79 bits per heavy atom. The number of imidazole rings is 1. The van der Waals surface area contributed by atoms with Crippen molar-refractivity contribution < 1.29 is 13.6 Å². The van der Waals surface area contributed by atoms with E-state index < -0.39 is 11.6 Å². The first-order chi connectivity index (χ1) is 9.11. The molecule has 0 aliphatic carbocycles. The van der Waals surface area contributed by atoms with Crippen LogP contribution >= 0.6 is 0 Å². The number of nitrogens with zero attached hydrogens (tertiary/aromatic N) is 2. The number of carbonyl (C=O) groups excluding carboxylic acids is 1. The van der Waals surface area contributed by atoms with Crippen LogP contribution in [0.15, 0.2) is 30.6 Å². The maximum absolute atomic E-state index is 13.1. The standard InChI is InChI=1S/C14H14F2N2O/c1-2-6-18-7-5-17-14(18)9-13(19)10-3-4-11(15)12(16)8-10/h3-5,7-8H,2,6,9H2,1H3. The second-order valence-electron chi connectivity index (χ2n) is 4.27. The molecule has 0 amide bonds. The Hall–Kier alpha value is -2.04. The predicted molar refractivity (Wildman–Crippen MR) is 66.9 cm³/mol. The third-order valence-corrected chi connectivity index (χ3v) is 2.83. The summed E-state index contributed by atoms with van der Waals surface area (Å²) in [5.74, 6) is -1.61. The molecular formula is C14H14F2N2O. The zero-order valence-electron chi connectivity index (χ0n) is 10.6. The van der Waals surface area contributed by atoms with Crippen molar-refractivity contribution in [3.05, 3.63) is 53.6 Å². The van der Waals surface area contributed by atoms with Crippen molar-refractivity contribution >= 4 is 5.78 Å². The summed E-state index contributed by atoms with van der Waals surface area (Å²) in [4.78, 5) is 16.1. The van der Waals surface area contributed by atoms with E-state index in [1.54, 1.807) is 12.4 Å². The number of hydrogen-bond acceptors (Lipinski definition) is 2. The molecule has 0 bridgehead atoms. The summed E-state index contributed by atoms with van der Waals surface area (Å²) < 4.78 is 27.8.